The van der Waals surface area contributed by atoms with Crippen molar-refractivity contribution in [3.8, 4) is 0 Å². The molecule has 0 aromatic heterocycles. The average molecular weight is 482 g/mol. The van der Waals surface area contributed by atoms with Gasteiger partial charge in [-0.15, -0.1) is 0 Å². The van der Waals surface area contributed by atoms with Crippen molar-refractivity contribution in [3.05, 3.63) is 94.9 Å². The minimum Gasteiger partial charge on any atom is -0.325 e. The SMILES string of the molecule is O=C(CN1C(=O)N/C(=C\c2ccc(Sc3ccc(Cl)cc3)cc2)C1=O)Nc1ccc(F)cc1. The third-order valence-corrected chi connectivity index (χ3v) is 5.90. The van der Waals surface area contributed by atoms with Gasteiger partial charge in [0.25, 0.3) is 5.91 Å². The van der Waals surface area contributed by atoms with Gasteiger partial charge in [0.1, 0.15) is 18.1 Å². The number of nitrogens with one attached hydrogen (secondary N) is 2. The number of amides is 4. The molecule has 3 aromatic carbocycles. The first-order valence-electron chi connectivity index (χ1n) is 9.81. The highest BCUT2D eigenvalue weighted by Gasteiger charge is 2.34. The number of carbonyl (C=O) groups is 3. The number of halogens is 2. The third kappa shape index (κ3) is 5.79. The summed E-state index contributed by atoms with van der Waals surface area (Å²) in [5.74, 6) is -1.61. The summed E-state index contributed by atoms with van der Waals surface area (Å²) >= 11 is 7.47. The molecule has 4 amide bonds. The smallest absolute Gasteiger partial charge is 0.325 e. The van der Waals surface area contributed by atoms with Crippen molar-refractivity contribution in [2.45, 2.75) is 9.79 Å². The van der Waals surface area contributed by atoms with E-state index in [0.29, 0.717) is 10.7 Å². The van der Waals surface area contributed by atoms with E-state index >= 15 is 0 Å². The van der Waals surface area contributed by atoms with Gasteiger partial charge in [-0.25, -0.2) is 14.1 Å². The summed E-state index contributed by atoms with van der Waals surface area (Å²) in [5, 5.41) is 5.68. The Labute approximate surface area is 198 Å². The zero-order valence-corrected chi connectivity index (χ0v) is 18.6. The van der Waals surface area contributed by atoms with Gasteiger partial charge in [-0.3, -0.25) is 9.59 Å². The largest absolute Gasteiger partial charge is 0.329 e. The molecule has 0 aliphatic carbocycles. The van der Waals surface area contributed by atoms with Gasteiger partial charge in [0.05, 0.1) is 0 Å². The fraction of sp³-hybridized carbons (Fsp3) is 0.0417. The molecule has 1 aliphatic heterocycles. The van der Waals surface area contributed by atoms with Crippen LogP contribution in [0.3, 0.4) is 0 Å². The number of hydrogen-bond donors (Lipinski definition) is 2. The number of benzene rings is 3. The van der Waals surface area contributed by atoms with Gasteiger partial charge >= 0.3 is 6.03 Å². The highest BCUT2D eigenvalue weighted by molar-refractivity contribution is 7.99. The predicted octanol–water partition coefficient (Wildman–Crippen LogP) is 5.16. The lowest BCUT2D eigenvalue weighted by Crippen LogP contribution is -2.38. The molecule has 0 saturated carbocycles. The highest BCUT2D eigenvalue weighted by Crippen LogP contribution is 2.29. The summed E-state index contributed by atoms with van der Waals surface area (Å²) < 4.78 is 13.0. The normalized spacial score (nSPS) is 14.5. The number of imide groups is 1. The molecule has 1 fully saturated rings. The van der Waals surface area contributed by atoms with E-state index in [1.54, 1.807) is 17.8 Å². The molecule has 0 atom stereocenters. The van der Waals surface area contributed by atoms with E-state index in [1.807, 2.05) is 48.5 Å². The Morgan fingerprint density at radius 2 is 1.58 bits per heavy atom. The van der Waals surface area contributed by atoms with E-state index < -0.39 is 30.2 Å². The Kier molecular flexibility index (Phi) is 6.76. The van der Waals surface area contributed by atoms with Crippen LogP contribution in [0.2, 0.25) is 5.02 Å². The molecular formula is C24H17ClFN3O3S. The molecular weight excluding hydrogens is 465 g/mol. The molecule has 1 aliphatic rings. The van der Waals surface area contributed by atoms with Crippen LogP contribution in [0.5, 0.6) is 0 Å². The Hall–Kier alpha value is -3.62. The van der Waals surface area contributed by atoms with Crippen LogP contribution in [-0.4, -0.2) is 29.3 Å². The van der Waals surface area contributed by atoms with Crippen LogP contribution in [0.15, 0.2) is 88.3 Å². The van der Waals surface area contributed by atoms with Crippen molar-refractivity contribution in [1.29, 1.82) is 0 Å². The number of anilines is 1. The molecule has 166 valence electrons. The molecule has 0 radical (unpaired) electrons. The summed E-state index contributed by atoms with van der Waals surface area (Å²) in [6, 6.07) is 19.4. The number of urea groups is 1. The Morgan fingerprint density at radius 3 is 2.21 bits per heavy atom. The van der Waals surface area contributed by atoms with Gasteiger partial charge in [-0.1, -0.05) is 35.5 Å². The van der Waals surface area contributed by atoms with E-state index in [4.69, 9.17) is 11.6 Å². The summed E-state index contributed by atoms with van der Waals surface area (Å²) in [7, 11) is 0. The van der Waals surface area contributed by atoms with Crippen molar-refractivity contribution in [3.63, 3.8) is 0 Å². The van der Waals surface area contributed by atoms with Crippen LogP contribution in [0, 0.1) is 5.82 Å². The Balaban J connectivity index is 1.39. The van der Waals surface area contributed by atoms with Gasteiger partial charge in [0.2, 0.25) is 5.91 Å². The zero-order chi connectivity index (χ0) is 23.4. The number of carbonyl (C=O) groups excluding carboxylic acids is 3. The van der Waals surface area contributed by atoms with Crippen LogP contribution in [0.25, 0.3) is 6.08 Å². The minimum atomic E-state index is -0.685. The van der Waals surface area contributed by atoms with Gasteiger partial charge in [-0.2, -0.15) is 0 Å². The zero-order valence-electron chi connectivity index (χ0n) is 17.0. The Morgan fingerprint density at radius 1 is 0.970 bits per heavy atom. The summed E-state index contributed by atoms with van der Waals surface area (Å²) in [5.41, 5.74) is 1.16. The quantitative estimate of drug-likeness (QED) is 0.376. The maximum absolute atomic E-state index is 13.0. The highest BCUT2D eigenvalue weighted by atomic mass is 35.5. The van der Waals surface area contributed by atoms with E-state index in [0.717, 1.165) is 20.3 Å². The molecule has 4 rings (SSSR count). The van der Waals surface area contributed by atoms with Crippen molar-refractivity contribution in [1.82, 2.24) is 10.2 Å². The first kappa shape index (κ1) is 22.6. The van der Waals surface area contributed by atoms with Crippen LogP contribution in [0.1, 0.15) is 5.56 Å². The molecule has 0 unspecified atom stereocenters. The lowest BCUT2D eigenvalue weighted by Gasteiger charge is -2.11. The fourth-order valence-corrected chi connectivity index (χ4v) is 3.97. The van der Waals surface area contributed by atoms with Gasteiger partial charge in [0.15, 0.2) is 0 Å². The lowest BCUT2D eigenvalue weighted by atomic mass is 10.2. The molecule has 2 N–H and O–H groups in total. The van der Waals surface area contributed by atoms with E-state index in [9.17, 15) is 18.8 Å². The van der Waals surface area contributed by atoms with Crippen LogP contribution < -0.4 is 10.6 Å². The van der Waals surface area contributed by atoms with Crippen molar-refractivity contribution in [2.75, 3.05) is 11.9 Å². The Bertz CT molecular complexity index is 1230. The van der Waals surface area contributed by atoms with Crippen molar-refractivity contribution < 1.29 is 18.8 Å². The fourth-order valence-electron chi connectivity index (χ4n) is 3.03. The molecule has 0 bridgehead atoms. The van der Waals surface area contributed by atoms with Gasteiger partial charge in [-0.05, 0) is 72.3 Å². The molecule has 6 nitrogen and oxygen atoms in total. The second-order valence-corrected chi connectivity index (χ2v) is 8.64. The molecule has 33 heavy (non-hydrogen) atoms. The summed E-state index contributed by atoms with van der Waals surface area (Å²) in [4.78, 5) is 39.9. The average Bonchev–Trinajstić information content (AvgIpc) is 3.05. The van der Waals surface area contributed by atoms with Crippen LogP contribution in [-0.2, 0) is 9.59 Å². The first-order valence-corrected chi connectivity index (χ1v) is 11.0. The second-order valence-electron chi connectivity index (χ2n) is 7.06. The minimum absolute atomic E-state index is 0.0766. The van der Waals surface area contributed by atoms with E-state index in [-0.39, 0.29) is 5.70 Å². The predicted molar refractivity (Wildman–Crippen MR) is 125 cm³/mol. The second kappa shape index (κ2) is 9.89. The standard InChI is InChI=1S/C24H17ClFN3O3S/c25-16-3-11-20(12-4-16)33-19-9-1-15(2-10-19)13-21-23(31)29(24(32)28-21)14-22(30)27-18-7-5-17(26)6-8-18/h1-13H,14H2,(H,27,30)(H,28,32)/b21-13-. The third-order valence-electron chi connectivity index (χ3n) is 4.63. The van der Waals surface area contributed by atoms with E-state index in [1.165, 1.54) is 24.3 Å². The molecule has 3 aromatic rings. The lowest BCUT2D eigenvalue weighted by molar-refractivity contribution is -0.127. The van der Waals surface area contributed by atoms with Crippen LogP contribution >= 0.6 is 23.4 Å². The molecule has 9 heteroatoms. The number of hydrogen-bond acceptors (Lipinski definition) is 4. The van der Waals surface area contributed by atoms with Gasteiger partial charge in [0, 0.05) is 20.5 Å². The maximum atomic E-state index is 13.0. The van der Waals surface area contributed by atoms with Crippen molar-refractivity contribution in [2.24, 2.45) is 0 Å². The van der Waals surface area contributed by atoms with Crippen molar-refractivity contribution >= 4 is 53.0 Å². The number of rotatable bonds is 6. The topological polar surface area (TPSA) is 78.5 Å². The van der Waals surface area contributed by atoms with Gasteiger partial charge < -0.3 is 10.6 Å². The van der Waals surface area contributed by atoms with Crippen LogP contribution in [0.4, 0.5) is 14.9 Å². The summed E-state index contributed by atoms with van der Waals surface area (Å²) in [6.07, 6.45) is 1.55. The first-order chi connectivity index (χ1) is 15.9. The molecule has 1 heterocycles. The monoisotopic (exact) mass is 481 g/mol. The maximum Gasteiger partial charge on any atom is 0.329 e. The van der Waals surface area contributed by atoms with E-state index in [2.05, 4.69) is 10.6 Å². The molecule has 1 saturated heterocycles. The summed E-state index contributed by atoms with van der Waals surface area (Å²) in [6.45, 7) is -0.462. The number of nitrogens with zero attached hydrogens (tertiary/aromatic N) is 1. The molecule has 0 spiro atoms.